The lowest BCUT2D eigenvalue weighted by Crippen LogP contribution is -2.17. The fourth-order valence-corrected chi connectivity index (χ4v) is 3.45. The number of nitrogens with one attached hydrogen (secondary N) is 1. The number of hydrogen-bond donors (Lipinski definition) is 1. The summed E-state index contributed by atoms with van der Waals surface area (Å²) in [6.07, 6.45) is 2.44. The van der Waals surface area contributed by atoms with Crippen molar-refractivity contribution in [2.45, 2.75) is 27.2 Å². The molecule has 2 heterocycles. The number of aromatic nitrogens is 2. The normalized spacial score (nSPS) is 10.9. The summed E-state index contributed by atoms with van der Waals surface area (Å²) in [5.74, 6) is -0.351. The Kier molecular flexibility index (Phi) is 4.78. The van der Waals surface area contributed by atoms with Crippen molar-refractivity contribution < 1.29 is 9.72 Å². The van der Waals surface area contributed by atoms with Crippen molar-refractivity contribution in [1.82, 2.24) is 9.38 Å². The number of anilines is 1. The molecule has 3 aromatic rings. The number of imidazole rings is 1. The number of nitrogens with zero attached hydrogens (tertiary/aromatic N) is 3. The molecule has 2 aromatic heterocycles. The molecule has 0 saturated heterocycles. The Balaban J connectivity index is 2.08. The Hall–Kier alpha value is -2.74. The SMILES string of the molecule is CCc1nc2c(Br)cc(C)cn2c1C(=O)Nc1cc([N+](=O)[O-])ccc1C. The number of hydrogen-bond acceptors (Lipinski definition) is 4. The molecule has 0 spiro atoms. The summed E-state index contributed by atoms with van der Waals surface area (Å²) in [6.45, 7) is 5.65. The van der Waals surface area contributed by atoms with Gasteiger partial charge in [0.1, 0.15) is 5.69 Å². The number of fused-ring (bicyclic) bond motifs is 1. The van der Waals surface area contributed by atoms with Crippen LogP contribution in [0.4, 0.5) is 11.4 Å². The van der Waals surface area contributed by atoms with E-state index in [1.807, 2.05) is 26.1 Å². The lowest BCUT2D eigenvalue weighted by atomic mass is 10.1. The van der Waals surface area contributed by atoms with Crippen LogP contribution in [0.3, 0.4) is 0 Å². The summed E-state index contributed by atoms with van der Waals surface area (Å²) in [7, 11) is 0. The molecule has 0 atom stereocenters. The Bertz CT molecular complexity index is 1040. The second kappa shape index (κ2) is 6.87. The van der Waals surface area contributed by atoms with Gasteiger partial charge in [-0.3, -0.25) is 19.3 Å². The van der Waals surface area contributed by atoms with Crippen molar-refractivity contribution in [3.05, 3.63) is 67.6 Å². The van der Waals surface area contributed by atoms with Gasteiger partial charge in [0.25, 0.3) is 11.6 Å². The second-order valence-electron chi connectivity index (χ2n) is 6.03. The highest BCUT2D eigenvalue weighted by molar-refractivity contribution is 9.10. The number of nitro benzene ring substituents is 1. The molecule has 1 aromatic carbocycles. The van der Waals surface area contributed by atoms with Crippen LogP contribution >= 0.6 is 15.9 Å². The standard InChI is InChI=1S/C18H17BrN4O3/c1-4-14-16(22-9-10(2)7-13(19)17(22)20-14)18(24)21-15-8-12(23(25)26)6-5-11(15)3/h5-9H,4H2,1-3H3,(H,21,24). The van der Waals surface area contributed by atoms with Gasteiger partial charge >= 0.3 is 0 Å². The molecular weight excluding hydrogens is 400 g/mol. The molecule has 3 rings (SSSR count). The number of benzene rings is 1. The molecule has 0 aliphatic heterocycles. The summed E-state index contributed by atoms with van der Waals surface area (Å²) in [5, 5.41) is 13.8. The number of aryl methyl sites for hydroxylation is 3. The van der Waals surface area contributed by atoms with Crippen LogP contribution in [0.1, 0.15) is 34.2 Å². The Morgan fingerprint density at radius 1 is 1.35 bits per heavy atom. The van der Waals surface area contributed by atoms with E-state index < -0.39 is 4.92 Å². The van der Waals surface area contributed by atoms with E-state index in [9.17, 15) is 14.9 Å². The molecule has 1 amide bonds. The highest BCUT2D eigenvalue weighted by atomic mass is 79.9. The van der Waals surface area contributed by atoms with Crippen LogP contribution in [0, 0.1) is 24.0 Å². The first kappa shape index (κ1) is 18.1. The molecule has 1 N–H and O–H groups in total. The summed E-state index contributed by atoms with van der Waals surface area (Å²) in [4.78, 5) is 28.0. The summed E-state index contributed by atoms with van der Waals surface area (Å²) < 4.78 is 2.55. The molecule has 0 aliphatic rings. The van der Waals surface area contributed by atoms with Crippen LogP contribution in [0.25, 0.3) is 5.65 Å². The van der Waals surface area contributed by atoms with E-state index in [-0.39, 0.29) is 11.6 Å². The maximum absolute atomic E-state index is 13.0. The largest absolute Gasteiger partial charge is 0.320 e. The topological polar surface area (TPSA) is 89.5 Å². The van der Waals surface area contributed by atoms with Crippen LogP contribution in [0.15, 0.2) is 34.9 Å². The van der Waals surface area contributed by atoms with Gasteiger partial charge in [-0.05, 0) is 53.4 Å². The predicted molar refractivity (Wildman–Crippen MR) is 103 cm³/mol. The number of rotatable bonds is 4. The molecule has 0 aliphatic carbocycles. The predicted octanol–water partition coefficient (Wildman–Crippen LogP) is 4.44. The van der Waals surface area contributed by atoms with Gasteiger partial charge < -0.3 is 5.32 Å². The minimum Gasteiger partial charge on any atom is -0.320 e. The fourth-order valence-electron chi connectivity index (χ4n) is 2.81. The van der Waals surface area contributed by atoms with Crippen LogP contribution in [-0.2, 0) is 6.42 Å². The Labute approximate surface area is 158 Å². The van der Waals surface area contributed by atoms with E-state index in [0.29, 0.717) is 29.1 Å². The highest BCUT2D eigenvalue weighted by Crippen LogP contribution is 2.26. The van der Waals surface area contributed by atoms with Gasteiger partial charge in [0.2, 0.25) is 0 Å². The van der Waals surface area contributed by atoms with Crippen LogP contribution in [-0.4, -0.2) is 20.2 Å². The lowest BCUT2D eigenvalue weighted by molar-refractivity contribution is -0.384. The summed E-state index contributed by atoms with van der Waals surface area (Å²) in [5.41, 5.74) is 3.81. The van der Waals surface area contributed by atoms with Crippen molar-refractivity contribution in [3.63, 3.8) is 0 Å². The first-order valence-electron chi connectivity index (χ1n) is 8.05. The van der Waals surface area contributed by atoms with Gasteiger partial charge in [0.15, 0.2) is 5.65 Å². The molecule has 0 fully saturated rings. The summed E-state index contributed by atoms with van der Waals surface area (Å²) >= 11 is 3.49. The molecule has 0 saturated carbocycles. The molecule has 7 nitrogen and oxygen atoms in total. The first-order valence-corrected chi connectivity index (χ1v) is 8.84. The molecule has 134 valence electrons. The van der Waals surface area contributed by atoms with Gasteiger partial charge in [-0.25, -0.2) is 4.98 Å². The zero-order valence-electron chi connectivity index (χ0n) is 14.5. The highest BCUT2D eigenvalue weighted by Gasteiger charge is 2.21. The zero-order chi connectivity index (χ0) is 19.0. The van der Waals surface area contributed by atoms with Gasteiger partial charge in [-0.15, -0.1) is 0 Å². The number of halogens is 1. The Morgan fingerprint density at radius 3 is 2.73 bits per heavy atom. The van der Waals surface area contributed by atoms with Crippen molar-refractivity contribution in [3.8, 4) is 0 Å². The first-order chi connectivity index (χ1) is 12.3. The quantitative estimate of drug-likeness (QED) is 0.502. The minimum atomic E-state index is -0.485. The van der Waals surface area contributed by atoms with Crippen LogP contribution in [0.5, 0.6) is 0 Å². The molecule has 0 radical (unpaired) electrons. The average Bonchev–Trinajstić information content (AvgIpc) is 2.95. The average molecular weight is 417 g/mol. The second-order valence-corrected chi connectivity index (χ2v) is 6.88. The third-order valence-electron chi connectivity index (χ3n) is 4.11. The van der Waals surface area contributed by atoms with Gasteiger partial charge in [-0.1, -0.05) is 13.0 Å². The molecule has 26 heavy (non-hydrogen) atoms. The lowest BCUT2D eigenvalue weighted by Gasteiger charge is -2.10. The van der Waals surface area contributed by atoms with Crippen LogP contribution < -0.4 is 5.32 Å². The van der Waals surface area contributed by atoms with E-state index in [0.717, 1.165) is 15.6 Å². The fraction of sp³-hybridized carbons (Fsp3) is 0.222. The van der Waals surface area contributed by atoms with E-state index in [4.69, 9.17) is 0 Å². The molecular formula is C18H17BrN4O3. The molecule has 0 bridgehead atoms. The van der Waals surface area contributed by atoms with E-state index in [1.165, 1.54) is 12.1 Å². The molecule has 8 heteroatoms. The van der Waals surface area contributed by atoms with Crippen molar-refractivity contribution >= 4 is 38.9 Å². The molecule has 0 unspecified atom stereocenters. The maximum Gasteiger partial charge on any atom is 0.274 e. The number of carbonyl (C=O) groups excluding carboxylic acids is 1. The van der Waals surface area contributed by atoms with Crippen LogP contribution in [0.2, 0.25) is 0 Å². The van der Waals surface area contributed by atoms with Gasteiger partial charge in [0.05, 0.1) is 20.8 Å². The minimum absolute atomic E-state index is 0.0710. The maximum atomic E-state index is 13.0. The monoisotopic (exact) mass is 416 g/mol. The third-order valence-corrected chi connectivity index (χ3v) is 4.70. The Morgan fingerprint density at radius 2 is 2.08 bits per heavy atom. The van der Waals surface area contributed by atoms with Crippen molar-refractivity contribution in [2.75, 3.05) is 5.32 Å². The number of non-ortho nitro benzene ring substituents is 1. The number of amides is 1. The third kappa shape index (κ3) is 3.20. The summed E-state index contributed by atoms with van der Waals surface area (Å²) in [6, 6.07) is 6.33. The number of pyridine rings is 1. The van der Waals surface area contributed by atoms with Gasteiger partial charge in [0, 0.05) is 18.3 Å². The van der Waals surface area contributed by atoms with E-state index in [1.54, 1.807) is 17.4 Å². The number of carbonyl (C=O) groups is 1. The van der Waals surface area contributed by atoms with E-state index in [2.05, 4.69) is 26.2 Å². The van der Waals surface area contributed by atoms with Crippen molar-refractivity contribution in [2.24, 2.45) is 0 Å². The number of nitro groups is 1. The van der Waals surface area contributed by atoms with Crippen molar-refractivity contribution in [1.29, 1.82) is 0 Å². The smallest absolute Gasteiger partial charge is 0.274 e. The van der Waals surface area contributed by atoms with Gasteiger partial charge in [-0.2, -0.15) is 0 Å². The zero-order valence-corrected chi connectivity index (χ0v) is 16.1. The van der Waals surface area contributed by atoms with E-state index >= 15 is 0 Å².